The predicted octanol–water partition coefficient (Wildman–Crippen LogP) is 2.46. The van der Waals surface area contributed by atoms with Gasteiger partial charge in [-0.05, 0) is 32.4 Å². The first-order valence-corrected chi connectivity index (χ1v) is 6.34. The maximum Gasteiger partial charge on any atom is 0.0596 e. The van der Waals surface area contributed by atoms with Crippen molar-refractivity contribution >= 4 is 0 Å². The largest absolute Gasteiger partial charge is 0.316 e. The predicted molar refractivity (Wildman–Crippen MR) is 73.1 cm³/mol. The van der Waals surface area contributed by atoms with Gasteiger partial charge in [0.15, 0.2) is 0 Å². The summed E-state index contributed by atoms with van der Waals surface area (Å²) in [4.78, 5) is 0. The van der Waals surface area contributed by atoms with Crippen molar-refractivity contribution in [1.82, 2.24) is 15.1 Å². The lowest BCUT2D eigenvalue weighted by Gasteiger charge is -2.26. The zero-order valence-electron chi connectivity index (χ0n) is 11.6. The summed E-state index contributed by atoms with van der Waals surface area (Å²) in [6.07, 6.45) is 4.20. The van der Waals surface area contributed by atoms with Gasteiger partial charge in [0, 0.05) is 24.7 Å². The fourth-order valence-corrected chi connectivity index (χ4v) is 2.00. The quantitative estimate of drug-likeness (QED) is 0.581. The van der Waals surface area contributed by atoms with Gasteiger partial charge in [0.1, 0.15) is 0 Å². The molecule has 0 saturated carbocycles. The van der Waals surface area contributed by atoms with Gasteiger partial charge in [-0.25, -0.2) is 0 Å². The zero-order chi connectivity index (χ0) is 12.9. The third-order valence-corrected chi connectivity index (χ3v) is 3.13. The summed E-state index contributed by atoms with van der Waals surface area (Å²) in [6.45, 7) is 12.5. The molecule has 3 nitrogen and oxygen atoms in total. The van der Waals surface area contributed by atoms with E-state index in [0.29, 0.717) is 0 Å². The van der Waals surface area contributed by atoms with Gasteiger partial charge in [0.25, 0.3) is 0 Å². The Morgan fingerprint density at radius 1 is 1.59 bits per heavy atom. The van der Waals surface area contributed by atoms with E-state index in [0.717, 1.165) is 31.6 Å². The molecule has 0 aliphatic heterocycles. The Morgan fingerprint density at radius 3 is 2.76 bits per heavy atom. The van der Waals surface area contributed by atoms with Crippen LogP contribution < -0.4 is 5.32 Å². The minimum atomic E-state index is 0.0927. The van der Waals surface area contributed by atoms with Crippen LogP contribution in [-0.4, -0.2) is 22.9 Å². The SMILES string of the molecule is C=CC(C)(CNCCC)Cc1cc(C)nn1C. The maximum atomic E-state index is 4.39. The van der Waals surface area contributed by atoms with Gasteiger partial charge >= 0.3 is 0 Å². The van der Waals surface area contributed by atoms with Crippen molar-refractivity contribution < 1.29 is 0 Å². The third kappa shape index (κ3) is 4.00. The molecule has 1 atom stereocenters. The molecule has 1 heterocycles. The third-order valence-electron chi connectivity index (χ3n) is 3.13. The molecule has 0 spiro atoms. The highest BCUT2D eigenvalue weighted by atomic mass is 15.3. The van der Waals surface area contributed by atoms with E-state index in [-0.39, 0.29) is 5.41 Å². The second-order valence-electron chi connectivity index (χ2n) is 5.11. The molecule has 0 bridgehead atoms. The lowest BCUT2D eigenvalue weighted by molar-refractivity contribution is 0.381. The summed E-state index contributed by atoms with van der Waals surface area (Å²) in [5.41, 5.74) is 2.44. The Bertz CT molecular complexity index is 368. The molecule has 1 N–H and O–H groups in total. The van der Waals surface area contributed by atoms with Crippen LogP contribution in [0, 0.1) is 12.3 Å². The van der Waals surface area contributed by atoms with E-state index in [9.17, 15) is 0 Å². The van der Waals surface area contributed by atoms with E-state index in [1.54, 1.807) is 0 Å². The van der Waals surface area contributed by atoms with Crippen molar-refractivity contribution in [3.8, 4) is 0 Å². The Hall–Kier alpha value is -1.09. The van der Waals surface area contributed by atoms with Gasteiger partial charge in [-0.1, -0.05) is 19.9 Å². The van der Waals surface area contributed by atoms with Gasteiger partial charge in [-0.15, -0.1) is 6.58 Å². The molecule has 1 aromatic heterocycles. The van der Waals surface area contributed by atoms with E-state index < -0.39 is 0 Å². The van der Waals surface area contributed by atoms with Crippen LogP contribution in [0.5, 0.6) is 0 Å². The standard InChI is InChI=1S/C14H25N3/c1-6-8-15-11-14(4,7-2)10-13-9-12(3)16-17(13)5/h7,9,15H,2,6,8,10-11H2,1,3-5H3. The Morgan fingerprint density at radius 2 is 2.29 bits per heavy atom. The van der Waals surface area contributed by atoms with Crippen LogP contribution in [0.25, 0.3) is 0 Å². The molecule has 0 amide bonds. The average Bonchev–Trinajstić information content (AvgIpc) is 2.58. The second-order valence-corrected chi connectivity index (χ2v) is 5.11. The maximum absolute atomic E-state index is 4.39. The Labute approximate surface area is 105 Å². The van der Waals surface area contributed by atoms with Gasteiger partial charge < -0.3 is 5.32 Å². The van der Waals surface area contributed by atoms with Crippen LogP contribution in [0.3, 0.4) is 0 Å². The topological polar surface area (TPSA) is 29.9 Å². The van der Waals surface area contributed by atoms with E-state index in [1.807, 2.05) is 18.7 Å². The average molecular weight is 235 g/mol. The molecule has 1 unspecified atom stereocenters. The normalized spacial score (nSPS) is 14.6. The zero-order valence-corrected chi connectivity index (χ0v) is 11.6. The first kappa shape index (κ1) is 14.0. The molecule has 0 aliphatic rings. The van der Waals surface area contributed by atoms with Gasteiger partial charge in [-0.2, -0.15) is 5.10 Å². The minimum Gasteiger partial charge on any atom is -0.316 e. The summed E-state index contributed by atoms with van der Waals surface area (Å²) in [6, 6.07) is 2.15. The number of nitrogens with zero attached hydrogens (tertiary/aromatic N) is 2. The van der Waals surface area contributed by atoms with Crippen LogP contribution >= 0.6 is 0 Å². The summed E-state index contributed by atoms with van der Waals surface area (Å²) in [5.74, 6) is 0. The van der Waals surface area contributed by atoms with E-state index in [2.05, 4.69) is 43.0 Å². The molecular formula is C14H25N3. The number of hydrogen-bond donors (Lipinski definition) is 1. The first-order valence-electron chi connectivity index (χ1n) is 6.34. The van der Waals surface area contributed by atoms with Crippen molar-refractivity contribution in [3.63, 3.8) is 0 Å². The van der Waals surface area contributed by atoms with Crippen LogP contribution in [0.1, 0.15) is 31.7 Å². The number of aromatic nitrogens is 2. The highest BCUT2D eigenvalue weighted by molar-refractivity contribution is 5.13. The summed E-state index contributed by atoms with van der Waals surface area (Å²) >= 11 is 0. The van der Waals surface area contributed by atoms with Crippen molar-refractivity contribution in [3.05, 3.63) is 30.1 Å². The van der Waals surface area contributed by atoms with E-state index in [1.165, 1.54) is 5.69 Å². The molecule has 0 aromatic carbocycles. The lowest BCUT2D eigenvalue weighted by atomic mass is 9.85. The number of nitrogens with one attached hydrogen (secondary N) is 1. The lowest BCUT2D eigenvalue weighted by Crippen LogP contribution is -2.33. The molecule has 0 fully saturated rings. The Balaban J connectivity index is 2.67. The highest BCUT2D eigenvalue weighted by Crippen LogP contribution is 2.23. The summed E-state index contributed by atoms with van der Waals surface area (Å²) in [5, 5.41) is 7.86. The van der Waals surface area contributed by atoms with Crippen LogP contribution in [0.4, 0.5) is 0 Å². The molecular weight excluding hydrogens is 210 g/mol. The molecule has 0 radical (unpaired) electrons. The fraction of sp³-hybridized carbons (Fsp3) is 0.643. The van der Waals surface area contributed by atoms with Crippen molar-refractivity contribution in [1.29, 1.82) is 0 Å². The number of rotatable bonds is 7. The van der Waals surface area contributed by atoms with Crippen LogP contribution in [-0.2, 0) is 13.5 Å². The van der Waals surface area contributed by atoms with Gasteiger partial charge in [0.05, 0.1) is 5.69 Å². The second kappa shape index (κ2) is 6.01. The smallest absolute Gasteiger partial charge is 0.0596 e. The number of hydrogen-bond acceptors (Lipinski definition) is 2. The van der Waals surface area contributed by atoms with Crippen LogP contribution in [0.2, 0.25) is 0 Å². The number of aryl methyl sites for hydroxylation is 2. The highest BCUT2D eigenvalue weighted by Gasteiger charge is 2.22. The van der Waals surface area contributed by atoms with Crippen molar-refractivity contribution in [2.45, 2.75) is 33.6 Å². The molecule has 0 aliphatic carbocycles. The van der Waals surface area contributed by atoms with Crippen molar-refractivity contribution in [2.24, 2.45) is 12.5 Å². The van der Waals surface area contributed by atoms with Gasteiger partial charge in [0.2, 0.25) is 0 Å². The summed E-state index contributed by atoms with van der Waals surface area (Å²) < 4.78 is 1.97. The van der Waals surface area contributed by atoms with Crippen LogP contribution in [0.15, 0.2) is 18.7 Å². The molecule has 0 saturated heterocycles. The minimum absolute atomic E-state index is 0.0927. The molecule has 17 heavy (non-hydrogen) atoms. The molecule has 1 rings (SSSR count). The fourth-order valence-electron chi connectivity index (χ4n) is 2.00. The van der Waals surface area contributed by atoms with E-state index >= 15 is 0 Å². The monoisotopic (exact) mass is 235 g/mol. The van der Waals surface area contributed by atoms with E-state index in [4.69, 9.17) is 0 Å². The molecule has 96 valence electrons. The Kier molecular flexibility index (Phi) is 4.94. The first-order chi connectivity index (χ1) is 8.00. The van der Waals surface area contributed by atoms with Crippen molar-refractivity contribution in [2.75, 3.05) is 13.1 Å². The molecule has 1 aromatic rings. The van der Waals surface area contributed by atoms with Gasteiger partial charge in [-0.3, -0.25) is 4.68 Å². The summed E-state index contributed by atoms with van der Waals surface area (Å²) in [7, 11) is 2.01. The molecule has 3 heteroatoms.